The Hall–Kier alpha value is -1.15. The SMILES string of the molecule is COC(C)C(=O)CCCc1ccccc1. The summed E-state index contributed by atoms with van der Waals surface area (Å²) in [5.41, 5.74) is 1.29. The van der Waals surface area contributed by atoms with Gasteiger partial charge in [-0.2, -0.15) is 0 Å². The first-order chi connectivity index (χ1) is 7.24. The highest BCUT2D eigenvalue weighted by Gasteiger charge is 2.10. The summed E-state index contributed by atoms with van der Waals surface area (Å²) in [5.74, 6) is 0.188. The van der Waals surface area contributed by atoms with Crippen molar-refractivity contribution >= 4 is 5.78 Å². The average molecular weight is 206 g/mol. The van der Waals surface area contributed by atoms with Crippen LogP contribution in [0, 0.1) is 0 Å². The molecule has 0 aliphatic heterocycles. The van der Waals surface area contributed by atoms with Crippen LogP contribution in [0.1, 0.15) is 25.3 Å². The minimum Gasteiger partial charge on any atom is -0.374 e. The fraction of sp³-hybridized carbons (Fsp3) is 0.462. The Morgan fingerprint density at radius 3 is 2.60 bits per heavy atom. The largest absolute Gasteiger partial charge is 0.374 e. The predicted octanol–water partition coefficient (Wildman–Crippen LogP) is 2.61. The number of aryl methyl sites for hydroxylation is 1. The summed E-state index contributed by atoms with van der Waals surface area (Å²) in [7, 11) is 1.57. The second-order valence-corrected chi connectivity index (χ2v) is 3.68. The van der Waals surface area contributed by atoms with E-state index in [0.29, 0.717) is 6.42 Å². The molecule has 0 saturated heterocycles. The molecule has 0 aromatic heterocycles. The third-order valence-electron chi connectivity index (χ3n) is 2.54. The number of ether oxygens (including phenoxy) is 1. The van der Waals surface area contributed by atoms with E-state index in [4.69, 9.17) is 4.74 Å². The summed E-state index contributed by atoms with van der Waals surface area (Å²) in [6.07, 6.45) is 2.20. The maximum Gasteiger partial charge on any atom is 0.161 e. The van der Waals surface area contributed by atoms with Gasteiger partial charge in [0.25, 0.3) is 0 Å². The maximum absolute atomic E-state index is 11.4. The zero-order valence-corrected chi connectivity index (χ0v) is 9.40. The number of ketones is 1. The molecule has 2 nitrogen and oxygen atoms in total. The van der Waals surface area contributed by atoms with Crippen LogP contribution in [0.4, 0.5) is 0 Å². The molecular weight excluding hydrogens is 188 g/mol. The van der Waals surface area contributed by atoms with Gasteiger partial charge in [0.2, 0.25) is 0 Å². The maximum atomic E-state index is 11.4. The zero-order valence-electron chi connectivity index (χ0n) is 9.40. The monoisotopic (exact) mass is 206 g/mol. The van der Waals surface area contributed by atoms with Gasteiger partial charge >= 0.3 is 0 Å². The fourth-order valence-electron chi connectivity index (χ4n) is 1.45. The molecule has 1 atom stereocenters. The van der Waals surface area contributed by atoms with Gasteiger partial charge in [-0.25, -0.2) is 0 Å². The molecule has 1 unspecified atom stereocenters. The molecule has 0 saturated carbocycles. The Morgan fingerprint density at radius 2 is 2.00 bits per heavy atom. The molecule has 15 heavy (non-hydrogen) atoms. The molecule has 0 N–H and O–H groups in total. The Kier molecular flexibility index (Phi) is 5.05. The standard InChI is InChI=1S/C13H18O2/c1-11(15-2)13(14)10-6-9-12-7-4-3-5-8-12/h3-5,7-8,11H,6,9-10H2,1-2H3. The Bertz CT molecular complexity index is 293. The van der Waals surface area contributed by atoms with Gasteiger partial charge in [0.05, 0.1) is 0 Å². The number of Topliss-reactive ketones (excluding diaryl/α,β-unsaturated/α-hetero) is 1. The third-order valence-corrected chi connectivity index (χ3v) is 2.54. The van der Waals surface area contributed by atoms with Gasteiger partial charge < -0.3 is 4.74 Å². The minimum atomic E-state index is -0.263. The molecule has 0 radical (unpaired) electrons. The second kappa shape index (κ2) is 6.36. The van der Waals surface area contributed by atoms with Gasteiger partial charge in [0.1, 0.15) is 6.10 Å². The highest BCUT2D eigenvalue weighted by Crippen LogP contribution is 2.06. The molecule has 0 heterocycles. The topological polar surface area (TPSA) is 26.3 Å². The number of rotatable bonds is 6. The first-order valence-corrected chi connectivity index (χ1v) is 5.33. The van der Waals surface area contributed by atoms with E-state index in [1.807, 2.05) is 18.2 Å². The summed E-state index contributed by atoms with van der Waals surface area (Å²) in [6, 6.07) is 10.2. The van der Waals surface area contributed by atoms with Gasteiger partial charge in [-0.1, -0.05) is 30.3 Å². The van der Waals surface area contributed by atoms with Crippen molar-refractivity contribution < 1.29 is 9.53 Å². The smallest absolute Gasteiger partial charge is 0.161 e. The van der Waals surface area contributed by atoms with Gasteiger partial charge in [-0.05, 0) is 25.3 Å². The molecule has 2 heteroatoms. The van der Waals surface area contributed by atoms with Crippen LogP contribution in [0.3, 0.4) is 0 Å². The Morgan fingerprint density at radius 1 is 1.33 bits per heavy atom. The van der Waals surface area contributed by atoms with Crippen LogP contribution in [-0.2, 0) is 16.0 Å². The van der Waals surface area contributed by atoms with Crippen molar-refractivity contribution in [3.63, 3.8) is 0 Å². The molecule has 0 amide bonds. The van der Waals surface area contributed by atoms with E-state index in [2.05, 4.69) is 12.1 Å². The quantitative estimate of drug-likeness (QED) is 0.715. The highest BCUT2D eigenvalue weighted by molar-refractivity contribution is 5.82. The molecule has 0 spiro atoms. The van der Waals surface area contributed by atoms with E-state index < -0.39 is 0 Å². The highest BCUT2D eigenvalue weighted by atomic mass is 16.5. The number of carbonyl (C=O) groups is 1. The zero-order chi connectivity index (χ0) is 11.1. The van der Waals surface area contributed by atoms with Crippen LogP contribution in [-0.4, -0.2) is 19.0 Å². The molecule has 1 aromatic rings. The number of carbonyl (C=O) groups excluding carboxylic acids is 1. The lowest BCUT2D eigenvalue weighted by atomic mass is 10.1. The van der Waals surface area contributed by atoms with Gasteiger partial charge in [-0.3, -0.25) is 4.79 Å². The van der Waals surface area contributed by atoms with Crippen LogP contribution < -0.4 is 0 Å². The number of benzene rings is 1. The average Bonchev–Trinajstić information content (AvgIpc) is 2.29. The lowest BCUT2D eigenvalue weighted by Crippen LogP contribution is -2.18. The molecular formula is C13H18O2. The lowest BCUT2D eigenvalue weighted by Gasteiger charge is -2.07. The second-order valence-electron chi connectivity index (χ2n) is 3.68. The van der Waals surface area contributed by atoms with E-state index >= 15 is 0 Å². The van der Waals surface area contributed by atoms with Crippen molar-refractivity contribution in [2.75, 3.05) is 7.11 Å². The van der Waals surface area contributed by atoms with E-state index in [-0.39, 0.29) is 11.9 Å². The summed E-state index contributed by atoms with van der Waals surface area (Å²) in [5, 5.41) is 0. The first kappa shape index (κ1) is 11.9. The molecule has 0 aliphatic rings. The van der Waals surface area contributed by atoms with Crippen LogP contribution in [0.15, 0.2) is 30.3 Å². The molecule has 0 fully saturated rings. The van der Waals surface area contributed by atoms with Crippen molar-refractivity contribution in [1.29, 1.82) is 0 Å². The van der Waals surface area contributed by atoms with Crippen molar-refractivity contribution in [1.82, 2.24) is 0 Å². The van der Waals surface area contributed by atoms with Crippen molar-refractivity contribution in [3.8, 4) is 0 Å². The number of hydrogen-bond donors (Lipinski definition) is 0. The van der Waals surface area contributed by atoms with Crippen LogP contribution in [0.25, 0.3) is 0 Å². The molecule has 1 aromatic carbocycles. The van der Waals surface area contributed by atoms with Crippen molar-refractivity contribution in [3.05, 3.63) is 35.9 Å². The van der Waals surface area contributed by atoms with Crippen molar-refractivity contribution in [2.24, 2.45) is 0 Å². The normalized spacial score (nSPS) is 12.4. The Balaban J connectivity index is 2.25. The van der Waals surface area contributed by atoms with Crippen LogP contribution in [0.5, 0.6) is 0 Å². The predicted molar refractivity (Wildman–Crippen MR) is 60.9 cm³/mol. The van der Waals surface area contributed by atoms with E-state index in [1.54, 1.807) is 14.0 Å². The fourth-order valence-corrected chi connectivity index (χ4v) is 1.45. The van der Waals surface area contributed by atoms with Gasteiger partial charge in [-0.15, -0.1) is 0 Å². The van der Waals surface area contributed by atoms with Crippen LogP contribution >= 0.6 is 0 Å². The first-order valence-electron chi connectivity index (χ1n) is 5.33. The molecule has 1 rings (SSSR count). The van der Waals surface area contributed by atoms with E-state index in [0.717, 1.165) is 12.8 Å². The molecule has 0 bridgehead atoms. The lowest BCUT2D eigenvalue weighted by molar-refractivity contribution is -0.127. The van der Waals surface area contributed by atoms with Gasteiger partial charge in [0, 0.05) is 13.5 Å². The summed E-state index contributed by atoms with van der Waals surface area (Å²) >= 11 is 0. The minimum absolute atomic E-state index is 0.188. The van der Waals surface area contributed by atoms with E-state index in [9.17, 15) is 4.79 Å². The van der Waals surface area contributed by atoms with Crippen LogP contribution in [0.2, 0.25) is 0 Å². The summed E-state index contributed by atoms with van der Waals surface area (Å²) in [4.78, 5) is 11.4. The van der Waals surface area contributed by atoms with Crippen molar-refractivity contribution in [2.45, 2.75) is 32.3 Å². The Labute approximate surface area is 91.3 Å². The number of hydrogen-bond acceptors (Lipinski definition) is 2. The van der Waals surface area contributed by atoms with Gasteiger partial charge in [0.15, 0.2) is 5.78 Å². The summed E-state index contributed by atoms with van der Waals surface area (Å²) in [6.45, 7) is 1.80. The molecule has 0 aliphatic carbocycles. The molecule has 82 valence electrons. The number of methoxy groups -OCH3 is 1. The third kappa shape index (κ3) is 4.26. The summed E-state index contributed by atoms with van der Waals surface area (Å²) < 4.78 is 4.97. The van der Waals surface area contributed by atoms with E-state index in [1.165, 1.54) is 5.56 Å².